The molecule has 1 aromatic rings. The van der Waals surface area contributed by atoms with E-state index in [2.05, 4.69) is 4.72 Å². The van der Waals surface area contributed by atoms with Crippen LogP contribution >= 0.6 is 0 Å². The average molecular weight is 370 g/mol. The lowest BCUT2D eigenvalue weighted by molar-refractivity contribution is 0.0696. The molecule has 2 fully saturated rings. The van der Waals surface area contributed by atoms with E-state index in [1.807, 2.05) is 4.90 Å². The third-order valence-electron chi connectivity index (χ3n) is 4.39. The molecule has 138 valence electrons. The fourth-order valence-electron chi connectivity index (χ4n) is 3.02. The zero-order valence-electron chi connectivity index (χ0n) is 13.8. The van der Waals surface area contributed by atoms with Gasteiger partial charge in [0.1, 0.15) is 0 Å². The van der Waals surface area contributed by atoms with Crippen LogP contribution in [0.2, 0.25) is 0 Å². The van der Waals surface area contributed by atoms with Gasteiger partial charge < -0.3 is 19.5 Å². The van der Waals surface area contributed by atoms with Gasteiger partial charge in [0.25, 0.3) is 0 Å². The number of morpholine rings is 1. The van der Waals surface area contributed by atoms with Gasteiger partial charge in [-0.1, -0.05) is 0 Å². The van der Waals surface area contributed by atoms with Gasteiger partial charge in [-0.3, -0.25) is 0 Å². The van der Waals surface area contributed by atoms with Crippen LogP contribution in [0.3, 0.4) is 0 Å². The molecular weight excluding hydrogens is 348 g/mol. The second-order valence-electron chi connectivity index (χ2n) is 6.07. The van der Waals surface area contributed by atoms with Crippen LogP contribution in [-0.2, 0) is 19.5 Å². The number of carboxylic acid groups (broad SMARTS) is 1. The van der Waals surface area contributed by atoms with E-state index >= 15 is 0 Å². The van der Waals surface area contributed by atoms with E-state index in [4.69, 9.17) is 9.47 Å². The van der Waals surface area contributed by atoms with Crippen molar-refractivity contribution in [2.75, 3.05) is 44.4 Å². The molecule has 0 spiro atoms. The van der Waals surface area contributed by atoms with E-state index in [1.165, 1.54) is 12.1 Å². The van der Waals surface area contributed by atoms with Crippen molar-refractivity contribution in [3.63, 3.8) is 0 Å². The van der Waals surface area contributed by atoms with Crippen molar-refractivity contribution in [1.29, 1.82) is 0 Å². The highest BCUT2D eigenvalue weighted by atomic mass is 32.2. The molecule has 2 heterocycles. The summed E-state index contributed by atoms with van der Waals surface area (Å²) in [4.78, 5) is 13.5. The van der Waals surface area contributed by atoms with Crippen LogP contribution in [0.5, 0.6) is 0 Å². The Morgan fingerprint density at radius 1 is 1.28 bits per heavy atom. The van der Waals surface area contributed by atoms with Gasteiger partial charge in [-0.25, -0.2) is 17.9 Å². The number of aromatic carboxylic acids is 1. The number of hydrogen-bond donors (Lipinski definition) is 2. The monoisotopic (exact) mass is 370 g/mol. The minimum absolute atomic E-state index is 0.0260. The SMILES string of the molecule is O=C(O)c1cc(S(=O)(=O)NC[C@H]2CCCO2)ccc1N1CCOCC1. The van der Waals surface area contributed by atoms with Crippen LogP contribution in [0.4, 0.5) is 5.69 Å². The third kappa shape index (κ3) is 4.30. The number of carboxylic acids is 1. The van der Waals surface area contributed by atoms with Gasteiger partial charge in [0.05, 0.1) is 35.5 Å². The second kappa shape index (κ2) is 7.69. The molecule has 0 aromatic heterocycles. The maximum Gasteiger partial charge on any atom is 0.337 e. The normalized spacial score (nSPS) is 21.4. The number of nitrogens with zero attached hydrogens (tertiary/aromatic N) is 1. The van der Waals surface area contributed by atoms with Crippen LogP contribution in [0, 0.1) is 0 Å². The Morgan fingerprint density at radius 3 is 2.68 bits per heavy atom. The third-order valence-corrected chi connectivity index (χ3v) is 5.81. The zero-order chi connectivity index (χ0) is 17.9. The van der Waals surface area contributed by atoms with E-state index in [9.17, 15) is 18.3 Å². The molecule has 0 saturated carbocycles. The number of nitrogens with one attached hydrogen (secondary N) is 1. The molecule has 2 saturated heterocycles. The summed E-state index contributed by atoms with van der Waals surface area (Å²) >= 11 is 0. The first-order valence-corrected chi connectivity index (χ1v) is 9.77. The van der Waals surface area contributed by atoms with Crippen molar-refractivity contribution >= 4 is 21.7 Å². The van der Waals surface area contributed by atoms with Crippen molar-refractivity contribution in [3.05, 3.63) is 23.8 Å². The lowest BCUT2D eigenvalue weighted by Crippen LogP contribution is -2.37. The van der Waals surface area contributed by atoms with Gasteiger partial charge in [0.2, 0.25) is 10.0 Å². The van der Waals surface area contributed by atoms with E-state index in [1.54, 1.807) is 6.07 Å². The second-order valence-corrected chi connectivity index (χ2v) is 7.84. The molecule has 0 radical (unpaired) electrons. The molecule has 2 N–H and O–H groups in total. The molecule has 2 aliphatic rings. The van der Waals surface area contributed by atoms with Gasteiger partial charge >= 0.3 is 5.97 Å². The maximum atomic E-state index is 12.5. The summed E-state index contributed by atoms with van der Waals surface area (Å²) in [5.41, 5.74) is 0.482. The molecule has 0 aliphatic carbocycles. The molecule has 25 heavy (non-hydrogen) atoms. The Balaban J connectivity index is 1.81. The molecule has 3 rings (SSSR count). The highest BCUT2D eigenvalue weighted by Crippen LogP contribution is 2.25. The van der Waals surface area contributed by atoms with E-state index < -0.39 is 16.0 Å². The van der Waals surface area contributed by atoms with Crippen molar-refractivity contribution in [2.24, 2.45) is 0 Å². The summed E-state index contributed by atoms with van der Waals surface area (Å²) in [6, 6.07) is 4.20. The number of benzene rings is 1. The molecule has 0 bridgehead atoms. The standard InChI is InChI=1S/C16H22N2O6S/c19-16(20)14-10-13(3-4-15(14)18-5-8-23-9-6-18)25(21,22)17-11-12-2-1-7-24-12/h3-4,10,12,17H,1-2,5-9,11H2,(H,19,20)/t12-/m1/s1. The molecule has 0 unspecified atom stereocenters. The Labute approximate surface area is 146 Å². The number of hydrogen-bond acceptors (Lipinski definition) is 6. The number of ether oxygens (including phenoxy) is 2. The molecule has 1 atom stereocenters. The summed E-state index contributed by atoms with van der Waals surface area (Å²) in [5, 5.41) is 9.50. The van der Waals surface area contributed by atoms with Gasteiger partial charge in [-0.2, -0.15) is 0 Å². The molecular formula is C16H22N2O6S. The van der Waals surface area contributed by atoms with Gasteiger partial charge in [0.15, 0.2) is 0 Å². The van der Waals surface area contributed by atoms with Crippen molar-refractivity contribution in [1.82, 2.24) is 4.72 Å². The van der Waals surface area contributed by atoms with Crippen molar-refractivity contribution in [2.45, 2.75) is 23.8 Å². The topological polar surface area (TPSA) is 105 Å². The van der Waals surface area contributed by atoms with Gasteiger partial charge in [-0.15, -0.1) is 0 Å². The first kappa shape index (κ1) is 18.1. The lowest BCUT2D eigenvalue weighted by Gasteiger charge is -2.30. The average Bonchev–Trinajstić information content (AvgIpc) is 3.14. The number of carbonyl (C=O) groups is 1. The number of rotatable bonds is 6. The summed E-state index contributed by atoms with van der Waals surface area (Å²) in [6.45, 7) is 3.01. The largest absolute Gasteiger partial charge is 0.478 e. The highest BCUT2D eigenvalue weighted by molar-refractivity contribution is 7.89. The van der Waals surface area contributed by atoms with Gasteiger partial charge in [-0.05, 0) is 31.0 Å². The van der Waals surface area contributed by atoms with Crippen LogP contribution in [0.15, 0.2) is 23.1 Å². The van der Waals surface area contributed by atoms with Gasteiger partial charge in [0, 0.05) is 26.2 Å². The maximum absolute atomic E-state index is 12.5. The summed E-state index contributed by atoms with van der Waals surface area (Å²) < 4.78 is 38.1. The van der Waals surface area contributed by atoms with Crippen LogP contribution in [0.25, 0.3) is 0 Å². The highest BCUT2D eigenvalue weighted by Gasteiger charge is 2.24. The molecule has 9 heteroatoms. The molecule has 8 nitrogen and oxygen atoms in total. The Hall–Kier alpha value is -1.68. The van der Waals surface area contributed by atoms with Crippen molar-refractivity contribution in [3.8, 4) is 0 Å². The Bertz CT molecular complexity index is 724. The smallest absolute Gasteiger partial charge is 0.337 e. The van der Waals surface area contributed by atoms with Crippen LogP contribution in [0.1, 0.15) is 23.2 Å². The number of sulfonamides is 1. The minimum atomic E-state index is -3.79. The molecule has 0 amide bonds. The zero-order valence-corrected chi connectivity index (χ0v) is 14.6. The first-order chi connectivity index (χ1) is 12.0. The van der Waals surface area contributed by atoms with Crippen molar-refractivity contribution < 1.29 is 27.8 Å². The Kier molecular flexibility index (Phi) is 5.57. The lowest BCUT2D eigenvalue weighted by atomic mass is 10.1. The van der Waals surface area contributed by atoms with Crippen LogP contribution in [-0.4, -0.2) is 65.1 Å². The van der Waals surface area contributed by atoms with E-state index in [-0.39, 0.29) is 23.1 Å². The van der Waals surface area contributed by atoms with Crippen LogP contribution < -0.4 is 9.62 Å². The molecule has 1 aromatic carbocycles. The van der Waals surface area contributed by atoms with E-state index in [0.717, 1.165) is 12.8 Å². The number of anilines is 1. The fraction of sp³-hybridized carbons (Fsp3) is 0.562. The molecule has 2 aliphatic heterocycles. The summed E-state index contributed by atoms with van der Waals surface area (Å²) in [5.74, 6) is -1.15. The van der Waals surface area contributed by atoms with E-state index in [0.29, 0.717) is 38.6 Å². The quantitative estimate of drug-likeness (QED) is 0.758. The predicted octanol–water partition coefficient (Wildman–Crippen LogP) is 0.679. The summed E-state index contributed by atoms with van der Waals surface area (Å²) in [6.07, 6.45) is 1.62. The fourth-order valence-corrected chi connectivity index (χ4v) is 4.12. The Morgan fingerprint density at radius 2 is 2.04 bits per heavy atom. The summed E-state index contributed by atoms with van der Waals surface area (Å²) in [7, 11) is -3.79. The first-order valence-electron chi connectivity index (χ1n) is 8.29. The minimum Gasteiger partial charge on any atom is -0.478 e. The predicted molar refractivity (Wildman–Crippen MR) is 90.6 cm³/mol.